The first-order valence-electron chi connectivity index (χ1n) is 7.57. The lowest BCUT2D eigenvalue weighted by Crippen LogP contribution is -2.50. The minimum atomic E-state index is -0.868. The van der Waals surface area contributed by atoms with Crippen LogP contribution in [-0.4, -0.2) is 25.0 Å². The van der Waals surface area contributed by atoms with Crippen LogP contribution < -0.4 is 10.6 Å². The van der Waals surface area contributed by atoms with Crippen molar-refractivity contribution < 1.29 is 18.0 Å². The molecule has 1 aromatic carbocycles. The highest BCUT2D eigenvalue weighted by molar-refractivity contribution is 5.91. The normalized spacial score (nSPS) is 21.2. The highest BCUT2D eigenvalue weighted by Gasteiger charge is 2.29. The quantitative estimate of drug-likeness (QED) is 0.914. The average molecular weight is 320 g/mol. The number of benzene rings is 1. The number of furan rings is 1. The van der Waals surface area contributed by atoms with E-state index in [0.717, 1.165) is 19.0 Å². The van der Waals surface area contributed by atoms with Crippen LogP contribution in [0.2, 0.25) is 0 Å². The van der Waals surface area contributed by atoms with E-state index in [9.17, 15) is 13.6 Å². The van der Waals surface area contributed by atoms with Gasteiger partial charge in [0.15, 0.2) is 17.4 Å². The molecule has 2 unspecified atom stereocenters. The number of carbonyl (C=O) groups is 1. The molecule has 2 atom stereocenters. The Hall–Kier alpha value is -2.21. The van der Waals surface area contributed by atoms with E-state index in [0.29, 0.717) is 17.9 Å². The van der Waals surface area contributed by atoms with Crippen molar-refractivity contribution in [2.45, 2.75) is 25.3 Å². The van der Waals surface area contributed by atoms with Gasteiger partial charge in [0.25, 0.3) is 5.91 Å². The maximum absolute atomic E-state index is 13.5. The van der Waals surface area contributed by atoms with E-state index in [-0.39, 0.29) is 23.6 Å². The summed E-state index contributed by atoms with van der Waals surface area (Å²) in [7, 11) is 0. The Morgan fingerprint density at radius 1 is 1.26 bits per heavy atom. The van der Waals surface area contributed by atoms with E-state index < -0.39 is 11.6 Å². The van der Waals surface area contributed by atoms with Crippen LogP contribution >= 0.6 is 0 Å². The summed E-state index contributed by atoms with van der Waals surface area (Å²) in [4.78, 5) is 12.3. The van der Waals surface area contributed by atoms with E-state index >= 15 is 0 Å². The van der Waals surface area contributed by atoms with Gasteiger partial charge in [0.1, 0.15) is 5.76 Å². The first kappa shape index (κ1) is 15.7. The number of halogens is 2. The molecule has 6 heteroatoms. The molecule has 23 heavy (non-hydrogen) atoms. The molecule has 0 spiro atoms. The fourth-order valence-electron chi connectivity index (χ4n) is 2.95. The van der Waals surface area contributed by atoms with Gasteiger partial charge >= 0.3 is 0 Å². The number of hydrogen-bond donors (Lipinski definition) is 2. The van der Waals surface area contributed by atoms with Gasteiger partial charge in [0.05, 0.1) is 0 Å². The van der Waals surface area contributed by atoms with Crippen molar-refractivity contribution >= 4 is 5.91 Å². The minimum absolute atomic E-state index is 0.0774. The van der Waals surface area contributed by atoms with Crippen LogP contribution in [0, 0.1) is 18.6 Å². The van der Waals surface area contributed by atoms with E-state index in [1.165, 1.54) is 6.07 Å². The number of piperidine rings is 1. The third-order valence-corrected chi connectivity index (χ3v) is 4.13. The van der Waals surface area contributed by atoms with Gasteiger partial charge in [-0.25, -0.2) is 8.78 Å². The third-order valence-electron chi connectivity index (χ3n) is 4.13. The SMILES string of the molecule is Cc1ccc(C(=O)NC2CNCCC2c2ccc(F)c(F)c2)o1. The van der Waals surface area contributed by atoms with Crippen LogP contribution in [0.15, 0.2) is 34.7 Å². The Morgan fingerprint density at radius 3 is 2.78 bits per heavy atom. The molecule has 3 rings (SSSR count). The standard InChI is InChI=1S/C17H18F2N2O2/c1-10-2-5-16(23-10)17(22)21-15-9-20-7-6-12(15)11-3-4-13(18)14(19)8-11/h2-5,8,12,15,20H,6-7,9H2,1H3,(H,21,22). The topological polar surface area (TPSA) is 54.3 Å². The zero-order chi connectivity index (χ0) is 16.4. The predicted molar refractivity (Wildman–Crippen MR) is 81.3 cm³/mol. The van der Waals surface area contributed by atoms with Crippen molar-refractivity contribution in [2.24, 2.45) is 0 Å². The molecule has 2 aromatic rings. The fourth-order valence-corrected chi connectivity index (χ4v) is 2.95. The van der Waals surface area contributed by atoms with Crippen LogP contribution in [0.1, 0.15) is 34.2 Å². The van der Waals surface area contributed by atoms with Gasteiger partial charge in [0, 0.05) is 18.5 Å². The Labute approximate surface area is 132 Å². The lowest BCUT2D eigenvalue weighted by molar-refractivity contribution is 0.0895. The molecule has 1 amide bonds. The Balaban J connectivity index is 1.78. The van der Waals surface area contributed by atoms with Crippen LogP contribution in [0.5, 0.6) is 0 Å². The predicted octanol–water partition coefficient (Wildman–Crippen LogP) is 2.74. The van der Waals surface area contributed by atoms with Crippen LogP contribution in [0.25, 0.3) is 0 Å². The molecular weight excluding hydrogens is 302 g/mol. The second kappa shape index (κ2) is 6.50. The van der Waals surface area contributed by atoms with Crippen molar-refractivity contribution in [3.63, 3.8) is 0 Å². The van der Waals surface area contributed by atoms with Gasteiger partial charge in [-0.05, 0) is 49.7 Å². The molecule has 0 aliphatic carbocycles. The van der Waals surface area contributed by atoms with E-state index in [4.69, 9.17) is 4.42 Å². The number of amides is 1. The van der Waals surface area contributed by atoms with Gasteiger partial charge < -0.3 is 15.1 Å². The van der Waals surface area contributed by atoms with Crippen LogP contribution in [-0.2, 0) is 0 Å². The molecule has 0 bridgehead atoms. The molecule has 1 aromatic heterocycles. The maximum Gasteiger partial charge on any atom is 0.287 e. The van der Waals surface area contributed by atoms with E-state index in [1.807, 2.05) is 0 Å². The molecule has 1 fully saturated rings. The summed E-state index contributed by atoms with van der Waals surface area (Å²) in [5, 5.41) is 6.13. The molecule has 1 aliphatic rings. The van der Waals surface area contributed by atoms with Crippen molar-refractivity contribution in [3.05, 3.63) is 59.1 Å². The molecule has 1 saturated heterocycles. The summed E-state index contributed by atoms with van der Waals surface area (Å²) in [6.45, 7) is 3.09. The van der Waals surface area contributed by atoms with Crippen LogP contribution in [0.4, 0.5) is 8.78 Å². The molecule has 1 aliphatic heterocycles. The molecule has 0 radical (unpaired) electrons. The Kier molecular flexibility index (Phi) is 4.43. The number of aryl methyl sites for hydroxylation is 1. The smallest absolute Gasteiger partial charge is 0.287 e. The summed E-state index contributed by atoms with van der Waals surface area (Å²) >= 11 is 0. The van der Waals surface area contributed by atoms with E-state index in [1.54, 1.807) is 25.1 Å². The summed E-state index contributed by atoms with van der Waals surface area (Å²) < 4.78 is 31.9. The van der Waals surface area contributed by atoms with Gasteiger partial charge in [-0.1, -0.05) is 6.07 Å². The lowest BCUT2D eigenvalue weighted by Gasteiger charge is -2.33. The monoisotopic (exact) mass is 320 g/mol. The highest BCUT2D eigenvalue weighted by Crippen LogP contribution is 2.27. The Bertz CT molecular complexity index is 714. The first-order valence-corrected chi connectivity index (χ1v) is 7.57. The fraction of sp³-hybridized carbons (Fsp3) is 0.353. The number of carbonyl (C=O) groups excluding carboxylic acids is 1. The van der Waals surface area contributed by atoms with Gasteiger partial charge in [-0.2, -0.15) is 0 Å². The Morgan fingerprint density at radius 2 is 2.09 bits per heavy atom. The summed E-state index contributed by atoms with van der Waals surface area (Å²) in [6, 6.07) is 7.04. The molecular formula is C17H18F2N2O2. The van der Waals surface area contributed by atoms with Crippen LogP contribution in [0.3, 0.4) is 0 Å². The zero-order valence-corrected chi connectivity index (χ0v) is 12.7. The second-order valence-corrected chi connectivity index (χ2v) is 5.76. The lowest BCUT2D eigenvalue weighted by atomic mass is 9.86. The average Bonchev–Trinajstić information content (AvgIpc) is 2.97. The van der Waals surface area contributed by atoms with Crippen molar-refractivity contribution in [1.82, 2.24) is 10.6 Å². The van der Waals surface area contributed by atoms with Crippen molar-refractivity contribution in [3.8, 4) is 0 Å². The highest BCUT2D eigenvalue weighted by atomic mass is 19.2. The first-order chi connectivity index (χ1) is 11.0. The van der Waals surface area contributed by atoms with Gasteiger partial charge in [-0.15, -0.1) is 0 Å². The molecule has 0 saturated carbocycles. The zero-order valence-electron chi connectivity index (χ0n) is 12.7. The summed E-state index contributed by atoms with van der Waals surface area (Å²) in [5.41, 5.74) is 0.686. The van der Waals surface area contributed by atoms with Crippen molar-refractivity contribution in [2.75, 3.05) is 13.1 Å². The molecule has 4 nitrogen and oxygen atoms in total. The third kappa shape index (κ3) is 3.42. The van der Waals surface area contributed by atoms with E-state index in [2.05, 4.69) is 10.6 Å². The number of hydrogen-bond acceptors (Lipinski definition) is 3. The van der Waals surface area contributed by atoms with Gasteiger partial charge in [0.2, 0.25) is 0 Å². The molecule has 2 heterocycles. The largest absolute Gasteiger partial charge is 0.456 e. The number of nitrogens with one attached hydrogen (secondary N) is 2. The minimum Gasteiger partial charge on any atom is -0.456 e. The second-order valence-electron chi connectivity index (χ2n) is 5.76. The molecule has 122 valence electrons. The number of rotatable bonds is 3. The summed E-state index contributed by atoms with van der Waals surface area (Å²) in [6.07, 6.45) is 0.729. The molecule has 2 N–H and O–H groups in total. The maximum atomic E-state index is 13.5. The van der Waals surface area contributed by atoms with Crippen molar-refractivity contribution in [1.29, 1.82) is 0 Å². The van der Waals surface area contributed by atoms with Gasteiger partial charge in [-0.3, -0.25) is 4.79 Å². The summed E-state index contributed by atoms with van der Waals surface area (Å²) in [5.74, 6) is -1.21.